The van der Waals surface area contributed by atoms with Crippen LogP contribution in [0.1, 0.15) is 39.9 Å². The monoisotopic (exact) mass is 281 g/mol. The van der Waals surface area contributed by atoms with Gasteiger partial charge in [-0.25, -0.2) is 4.79 Å². The molecule has 5 heteroatoms. The Balaban J connectivity index is 2.05. The molecule has 1 aliphatic heterocycles. The molecule has 0 amide bonds. The maximum Gasteiger partial charge on any atom is 0.345 e. The van der Waals surface area contributed by atoms with Gasteiger partial charge in [-0.1, -0.05) is 6.92 Å². The fourth-order valence-corrected chi connectivity index (χ4v) is 3.37. The first-order valence-electron chi connectivity index (χ1n) is 6.59. The molecule has 0 aromatic carbocycles. The molecule has 1 N–H and O–H groups in total. The number of aryl methyl sites for hydroxylation is 1. The van der Waals surface area contributed by atoms with Crippen molar-refractivity contribution < 1.29 is 14.7 Å². The van der Waals surface area contributed by atoms with Crippen LogP contribution in [0.25, 0.3) is 0 Å². The van der Waals surface area contributed by atoms with Crippen molar-refractivity contribution in [3.63, 3.8) is 0 Å². The summed E-state index contributed by atoms with van der Waals surface area (Å²) in [7, 11) is 0. The first-order valence-corrected chi connectivity index (χ1v) is 7.40. The van der Waals surface area contributed by atoms with Gasteiger partial charge in [0, 0.05) is 36.9 Å². The van der Waals surface area contributed by atoms with Crippen LogP contribution >= 0.6 is 11.3 Å². The molecule has 1 atom stereocenters. The number of hydrogen-bond acceptors (Lipinski definition) is 4. The molecule has 1 aromatic rings. The molecule has 0 bridgehead atoms. The van der Waals surface area contributed by atoms with Crippen molar-refractivity contribution in [1.29, 1.82) is 0 Å². The topological polar surface area (TPSA) is 57.6 Å². The highest BCUT2D eigenvalue weighted by molar-refractivity contribution is 7.14. The number of ketones is 1. The number of nitrogens with zero attached hydrogens (tertiary/aromatic N) is 1. The van der Waals surface area contributed by atoms with Crippen LogP contribution in [-0.2, 0) is 11.3 Å². The number of thiophene rings is 1. The van der Waals surface area contributed by atoms with Crippen molar-refractivity contribution >= 4 is 23.1 Å². The van der Waals surface area contributed by atoms with Crippen LogP contribution in [0.5, 0.6) is 0 Å². The Morgan fingerprint density at radius 2 is 2.32 bits per heavy atom. The fourth-order valence-electron chi connectivity index (χ4n) is 2.50. The van der Waals surface area contributed by atoms with Gasteiger partial charge in [-0.2, -0.15) is 0 Å². The Kier molecular flexibility index (Phi) is 4.37. The predicted octanol–water partition coefficient (Wildman–Crippen LogP) is 2.56. The Morgan fingerprint density at radius 1 is 1.58 bits per heavy atom. The van der Waals surface area contributed by atoms with Gasteiger partial charge in [0.2, 0.25) is 0 Å². The van der Waals surface area contributed by atoms with E-state index in [1.807, 2.05) is 13.8 Å². The zero-order valence-electron chi connectivity index (χ0n) is 11.3. The summed E-state index contributed by atoms with van der Waals surface area (Å²) < 4.78 is 0. The second-order valence-electron chi connectivity index (χ2n) is 5.05. The third-order valence-corrected chi connectivity index (χ3v) is 4.81. The van der Waals surface area contributed by atoms with Gasteiger partial charge >= 0.3 is 5.97 Å². The summed E-state index contributed by atoms with van der Waals surface area (Å²) in [6, 6.07) is 1.76. The molecule has 0 saturated carbocycles. The molecular formula is C14H19NO3S. The molecule has 4 nitrogen and oxygen atoms in total. The molecule has 0 radical (unpaired) electrons. The summed E-state index contributed by atoms with van der Waals surface area (Å²) >= 11 is 1.32. The van der Waals surface area contributed by atoms with E-state index in [-0.39, 0.29) is 5.92 Å². The van der Waals surface area contributed by atoms with E-state index in [0.29, 0.717) is 17.1 Å². The number of piperidine rings is 1. The molecule has 1 fully saturated rings. The molecule has 1 aliphatic rings. The SMILES string of the molecule is CCC1CN(Cc2cc(C(=O)O)sc2C)CCC1=O. The second kappa shape index (κ2) is 5.84. The van der Waals surface area contributed by atoms with Gasteiger partial charge in [-0.3, -0.25) is 9.69 Å². The first-order chi connectivity index (χ1) is 9.01. The number of likely N-dealkylation sites (tertiary alicyclic amines) is 1. The van der Waals surface area contributed by atoms with Crippen LogP contribution in [0, 0.1) is 12.8 Å². The quantitative estimate of drug-likeness (QED) is 0.921. The van der Waals surface area contributed by atoms with E-state index in [4.69, 9.17) is 5.11 Å². The van der Waals surface area contributed by atoms with Crippen molar-refractivity contribution in [3.05, 3.63) is 21.4 Å². The summed E-state index contributed by atoms with van der Waals surface area (Å²) in [6.07, 6.45) is 1.51. The van der Waals surface area contributed by atoms with Crippen molar-refractivity contribution in [2.75, 3.05) is 13.1 Å². The third-order valence-electron chi connectivity index (χ3n) is 3.73. The lowest BCUT2D eigenvalue weighted by molar-refractivity contribution is -0.126. The Bertz CT molecular complexity index is 495. The van der Waals surface area contributed by atoms with Crippen molar-refractivity contribution in [2.45, 2.75) is 33.2 Å². The third kappa shape index (κ3) is 3.22. The van der Waals surface area contributed by atoms with E-state index in [2.05, 4.69) is 4.90 Å². The zero-order valence-corrected chi connectivity index (χ0v) is 12.1. The van der Waals surface area contributed by atoms with Crippen LogP contribution in [0.4, 0.5) is 0 Å². The Hall–Kier alpha value is -1.20. The minimum Gasteiger partial charge on any atom is -0.477 e. The summed E-state index contributed by atoms with van der Waals surface area (Å²) in [4.78, 5) is 26.3. The number of rotatable bonds is 4. The summed E-state index contributed by atoms with van der Waals surface area (Å²) in [5, 5.41) is 9.00. The molecule has 0 aliphatic carbocycles. The van der Waals surface area contributed by atoms with Gasteiger partial charge in [-0.15, -0.1) is 11.3 Å². The lowest BCUT2D eigenvalue weighted by Gasteiger charge is -2.31. The van der Waals surface area contributed by atoms with Gasteiger partial charge in [0.15, 0.2) is 0 Å². The Labute approximate surface area is 117 Å². The number of aromatic carboxylic acids is 1. The summed E-state index contributed by atoms with van der Waals surface area (Å²) in [5.74, 6) is -0.349. The molecule has 2 rings (SSSR count). The average Bonchev–Trinajstić information content (AvgIpc) is 2.73. The number of carboxylic acid groups (broad SMARTS) is 1. The van der Waals surface area contributed by atoms with Gasteiger partial charge in [0.05, 0.1) is 0 Å². The standard InChI is InChI=1S/C14H19NO3S/c1-3-10-7-15(5-4-12(10)16)8-11-6-13(14(17)18)19-9(11)2/h6,10H,3-5,7-8H2,1-2H3,(H,17,18). The van der Waals surface area contributed by atoms with E-state index in [0.717, 1.165) is 36.5 Å². The van der Waals surface area contributed by atoms with E-state index in [1.54, 1.807) is 6.07 Å². The lowest BCUT2D eigenvalue weighted by atomic mass is 9.94. The van der Waals surface area contributed by atoms with Crippen LogP contribution in [0.2, 0.25) is 0 Å². The zero-order chi connectivity index (χ0) is 14.0. The predicted molar refractivity (Wildman–Crippen MR) is 74.7 cm³/mol. The molecule has 19 heavy (non-hydrogen) atoms. The maximum atomic E-state index is 11.7. The smallest absolute Gasteiger partial charge is 0.345 e. The number of carboxylic acids is 1. The lowest BCUT2D eigenvalue weighted by Crippen LogP contribution is -2.40. The van der Waals surface area contributed by atoms with Crippen molar-refractivity contribution in [1.82, 2.24) is 4.90 Å². The van der Waals surface area contributed by atoms with Gasteiger partial charge in [0.1, 0.15) is 10.7 Å². The molecule has 1 aromatic heterocycles. The normalized spacial score (nSPS) is 20.7. The molecule has 1 unspecified atom stereocenters. The van der Waals surface area contributed by atoms with Crippen LogP contribution in [0.3, 0.4) is 0 Å². The molecule has 104 valence electrons. The molecule has 1 saturated heterocycles. The molecule has 0 spiro atoms. The highest BCUT2D eigenvalue weighted by atomic mass is 32.1. The highest BCUT2D eigenvalue weighted by Gasteiger charge is 2.26. The number of hydrogen-bond donors (Lipinski definition) is 1. The number of Topliss-reactive ketones (excluding diaryl/α,β-unsaturated/α-hetero) is 1. The summed E-state index contributed by atoms with van der Waals surface area (Å²) in [6.45, 7) is 6.34. The molecule has 2 heterocycles. The second-order valence-corrected chi connectivity index (χ2v) is 6.31. The number of carbonyl (C=O) groups excluding carboxylic acids is 1. The van der Waals surface area contributed by atoms with Crippen molar-refractivity contribution in [2.24, 2.45) is 5.92 Å². The Morgan fingerprint density at radius 3 is 2.89 bits per heavy atom. The van der Waals surface area contributed by atoms with E-state index >= 15 is 0 Å². The number of carbonyl (C=O) groups is 2. The largest absolute Gasteiger partial charge is 0.477 e. The van der Waals surface area contributed by atoms with Crippen molar-refractivity contribution in [3.8, 4) is 0 Å². The van der Waals surface area contributed by atoms with E-state index in [9.17, 15) is 9.59 Å². The molecular weight excluding hydrogens is 262 g/mol. The summed E-state index contributed by atoms with van der Waals surface area (Å²) in [5.41, 5.74) is 1.08. The van der Waals surface area contributed by atoms with E-state index in [1.165, 1.54) is 11.3 Å². The minimum atomic E-state index is -0.861. The fraction of sp³-hybridized carbons (Fsp3) is 0.571. The van der Waals surface area contributed by atoms with Crippen LogP contribution in [-0.4, -0.2) is 34.8 Å². The van der Waals surface area contributed by atoms with Gasteiger partial charge < -0.3 is 5.11 Å². The highest BCUT2D eigenvalue weighted by Crippen LogP contribution is 2.25. The van der Waals surface area contributed by atoms with E-state index < -0.39 is 5.97 Å². The van der Waals surface area contributed by atoms with Gasteiger partial charge in [-0.05, 0) is 25.0 Å². The average molecular weight is 281 g/mol. The maximum absolute atomic E-state index is 11.7. The minimum absolute atomic E-state index is 0.145. The van der Waals surface area contributed by atoms with Crippen LogP contribution in [0.15, 0.2) is 6.07 Å². The van der Waals surface area contributed by atoms with Gasteiger partial charge in [0.25, 0.3) is 0 Å². The van der Waals surface area contributed by atoms with Crippen LogP contribution < -0.4 is 0 Å². The first kappa shape index (κ1) is 14.2.